The topological polar surface area (TPSA) is 175 Å². The molecule has 8 atom stereocenters. The first kappa shape index (κ1) is 75.9. The van der Waals surface area contributed by atoms with Crippen LogP contribution in [0.25, 0.3) is 0 Å². The molecule has 81 heavy (non-hydrogen) atoms. The fourth-order valence-electron chi connectivity index (χ4n) is 10.1. The standard InChI is InChI=1S/C70H123NO10/c1-4-7-10-13-16-19-22-24-26-28-30-31-32-33-34-36-38-40-43-46-49-52-55-58-65(75)81-68-67(77)66(76)64(59-72)80-70(68)79-60-61(62(73)56-53-50-47-44-41-21-18-15-12-9-6-3)71-69(78)63(74)57-54-51-48-45-42-39-37-35-29-27-25-23-20-17-14-11-8-5-2/h8,11,17,20,25,27,35,37,42,45,51,53-54,56,61-64,66-68,70,72-74,76-77H,4-7,9-10,12-16,18-19,21-24,26,28-34,36,38-41,43-44,46-50,52,55,57-60H2,1-3H3,(H,71,78)/b11-8-,20-17-,27-25-,37-35-,45-42-,54-51-,56-53+. The largest absolute Gasteiger partial charge is 0.454 e. The maximum Gasteiger partial charge on any atom is 0.306 e. The van der Waals surface area contributed by atoms with Crippen LogP contribution in [0.1, 0.15) is 284 Å². The lowest BCUT2D eigenvalue weighted by Gasteiger charge is -2.41. The molecule has 1 amide bonds. The number of ether oxygens (including phenoxy) is 3. The number of allylic oxidation sites excluding steroid dienone is 12. The molecule has 1 fully saturated rings. The molecule has 11 heteroatoms. The average molecular weight is 1140 g/mol. The number of carbonyl (C=O) groups is 2. The van der Waals surface area contributed by atoms with E-state index in [0.29, 0.717) is 12.8 Å². The fourth-order valence-corrected chi connectivity index (χ4v) is 10.1. The molecule has 0 aromatic rings. The van der Waals surface area contributed by atoms with Crippen LogP contribution in [0.3, 0.4) is 0 Å². The Morgan fingerprint density at radius 1 is 0.494 bits per heavy atom. The molecule has 6 N–H and O–H groups in total. The highest BCUT2D eigenvalue weighted by Gasteiger charge is 2.47. The molecule has 1 aliphatic rings. The van der Waals surface area contributed by atoms with Crippen molar-refractivity contribution in [3.8, 4) is 0 Å². The third-order valence-electron chi connectivity index (χ3n) is 15.3. The number of esters is 1. The van der Waals surface area contributed by atoms with Crippen molar-refractivity contribution in [1.82, 2.24) is 5.32 Å². The summed E-state index contributed by atoms with van der Waals surface area (Å²) in [6.45, 7) is 5.64. The Bertz CT molecular complexity index is 1640. The average Bonchev–Trinajstić information content (AvgIpc) is 3.51. The van der Waals surface area contributed by atoms with Gasteiger partial charge in [0, 0.05) is 12.8 Å². The van der Waals surface area contributed by atoms with Crippen molar-refractivity contribution in [2.75, 3.05) is 13.2 Å². The molecule has 8 unspecified atom stereocenters. The Labute approximate surface area is 495 Å². The first-order chi connectivity index (χ1) is 39.7. The van der Waals surface area contributed by atoms with E-state index in [9.17, 15) is 35.1 Å². The maximum atomic E-state index is 13.4. The van der Waals surface area contributed by atoms with Crippen LogP contribution >= 0.6 is 0 Å². The van der Waals surface area contributed by atoms with Gasteiger partial charge >= 0.3 is 5.97 Å². The first-order valence-electron chi connectivity index (χ1n) is 33.4. The molecular formula is C70H123NO10. The van der Waals surface area contributed by atoms with Gasteiger partial charge in [-0.05, 0) is 57.8 Å². The van der Waals surface area contributed by atoms with E-state index in [1.54, 1.807) is 12.2 Å². The Morgan fingerprint density at radius 2 is 0.877 bits per heavy atom. The lowest BCUT2D eigenvalue weighted by Crippen LogP contribution is -2.61. The number of rotatable bonds is 56. The fraction of sp³-hybridized carbons (Fsp3) is 0.771. The summed E-state index contributed by atoms with van der Waals surface area (Å²) < 4.78 is 17.6. The van der Waals surface area contributed by atoms with Crippen LogP contribution in [-0.2, 0) is 23.8 Å². The highest BCUT2D eigenvalue weighted by atomic mass is 16.7. The number of unbranched alkanes of at least 4 members (excludes halogenated alkanes) is 31. The molecule has 0 aromatic carbocycles. The van der Waals surface area contributed by atoms with Gasteiger partial charge in [0.05, 0.1) is 25.4 Å². The summed E-state index contributed by atoms with van der Waals surface area (Å²) in [6, 6.07) is -1.07. The van der Waals surface area contributed by atoms with Gasteiger partial charge in [-0.2, -0.15) is 0 Å². The summed E-state index contributed by atoms with van der Waals surface area (Å²) in [7, 11) is 0. The van der Waals surface area contributed by atoms with Crippen LogP contribution in [0.2, 0.25) is 0 Å². The third-order valence-corrected chi connectivity index (χ3v) is 15.3. The van der Waals surface area contributed by atoms with Crippen molar-refractivity contribution >= 4 is 11.9 Å². The Balaban J connectivity index is 2.63. The van der Waals surface area contributed by atoms with Gasteiger partial charge in [0.2, 0.25) is 5.91 Å². The molecule has 1 aliphatic heterocycles. The number of hydrogen-bond donors (Lipinski definition) is 6. The van der Waals surface area contributed by atoms with E-state index < -0.39 is 67.4 Å². The van der Waals surface area contributed by atoms with E-state index in [1.165, 1.54) is 161 Å². The van der Waals surface area contributed by atoms with E-state index in [4.69, 9.17) is 14.2 Å². The number of carbonyl (C=O) groups excluding carboxylic acids is 2. The molecule has 1 heterocycles. The monoisotopic (exact) mass is 1140 g/mol. The summed E-state index contributed by atoms with van der Waals surface area (Å²) in [5.74, 6) is -1.28. The Hall–Kier alpha value is -3.16. The van der Waals surface area contributed by atoms with Crippen molar-refractivity contribution in [3.63, 3.8) is 0 Å². The zero-order chi connectivity index (χ0) is 58.9. The molecule has 0 saturated carbocycles. The van der Waals surface area contributed by atoms with Gasteiger partial charge in [0.15, 0.2) is 12.4 Å². The molecule has 1 rings (SSSR count). The van der Waals surface area contributed by atoms with Crippen LogP contribution in [0.5, 0.6) is 0 Å². The normalized spacial score (nSPS) is 19.2. The van der Waals surface area contributed by atoms with Gasteiger partial charge in [0.1, 0.15) is 24.4 Å². The van der Waals surface area contributed by atoms with Gasteiger partial charge in [-0.15, -0.1) is 0 Å². The SMILES string of the molecule is CC/C=C\C/C=C\C/C=C\C/C=C\C/C=C\C/C=C\CC(O)C(=O)NC(COC1OC(CO)C(O)C(O)C1OC(=O)CCCCCCCCCCCCCCCCCCCCCCCCC)C(O)/C=C/CCCCCCCCCCC. The molecule has 0 bridgehead atoms. The predicted molar refractivity (Wildman–Crippen MR) is 338 cm³/mol. The van der Waals surface area contributed by atoms with Crippen LogP contribution in [0.4, 0.5) is 0 Å². The van der Waals surface area contributed by atoms with E-state index >= 15 is 0 Å². The predicted octanol–water partition coefficient (Wildman–Crippen LogP) is 16.5. The zero-order valence-electron chi connectivity index (χ0n) is 51.9. The van der Waals surface area contributed by atoms with Crippen molar-refractivity contribution in [1.29, 1.82) is 0 Å². The second kappa shape index (κ2) is 57.3. The van der Waals surface area contributed by atoms with E-state index in [1.807, 2.05) is 18.2 Å². The summed E-state index contributed by atoms with van der Waals surface area (Å²) in [4.78, 5) is 26.6. The van der Waals surface area contributed by atoms with Gasteiger partial charge in [-0.3, -0.25) is 9.59 Å². The summed E-state index contributed by atoms with van der Waals surface area (Å²) in [5.41, 5.74) is 0. The quantitative estimate of drug-likeness (QED) is 0.0195. The van der Waals surface area contributed by atoms with Crippen molar-refractivity contribution in [3.05, 3.63) is 85.1 Å². The number of aliphatic hydroxyl groups is 5. The Morgan fingerprint density at radius 3 is 1.28 bits per heavy atom. The molecule has 11 nitrogen and oxygen atoms in total. The highest BCUT2D eigenvalue weighted by Crippen LogP contribution is 2.26. The summed E-state index contributed by atoms with van der Waals surface area (Å²) >= 11 is 0. The zero-order valence-corrected chi connectivity index (χ0v) is 51.9. The van der Waals surface area contributed by atoms with Gasteiger partial charge < -0.3 is 45.1 Å². The molecular weight excluding hydrogens is 1010 g/mol. The minimum atomic E-state index is -1.63. The van der Waals surface area contributed by atoms with E-state index in [0.717, 1.165) is 77.0 Å². The highest BCUT2D eigenvalue weighted by molar-refractivity contribution is 5.81. The number of nitrogens with one attached hydrogen (secondary N) is 1. The van der Waals surface area contributed by atoms with Gasteiger partial charge in [-0.25, -0.2) is 0 Å². The molecule has 1 saturated heterocycles. The number of hydrogen-bond acceptors (Lipinski definition) is 10. The molecule has 0 aliphatic carbocycles. The second-order valence-corrected chi connectivity index (χ2v) is 22.8. The second-order valence-electron chi connectivity index (χ2n) is 22.8. The first-order valence-corrected chi connectivity index (χ1v) is 33.4. The lowest BCUT2D eigenvalue weighted by molar-refractivity contribution is -0.305. The van der Waals surface area contributed by atoms with Crippen LogP contribution < -0.4 is 5.32 Å². The van der Waals surface area contributed by atoms with Crippen molar-refractivity contribution in [2.24, 2.45) is 0 Å². The summed E-state index contributed by atoms with van der Waals surface area (Å²) in [5, 5.41) is 56.9. The molecule has 468 valence electrons. The number of aliphatic hydroxyl groups excluding tert-OH is 5. The van der Waals surface area contributed by atoms with E-state index in [2.05, 4.69) is 80.8 Å². The third kappa shape index (κ3) is 45.0. The number of amides is 1. The van der Waals surface area contributed by atoms with Gasteiger partial charge in [-0.1, -0.05) is 298 Å². The van der Waals surface area contributed by atoms with E-state index in [-0.39, 0.29) is 19.4 Å². The van der Waals surface area contributed by atoms with Crippen molar-refractivity contribution < 1.29 is 49.3 Å². The van der Waals surface area contributed by atoms with Crippen molar-refractivity contribution in [2.45, 2.75) is 333 Å². The maximum absolute atomic E-state index is 13.4. The molecule has 0 radical (unpaired) electrons. The van der Waals surface area contributed by atoms with Gasteiger partial charge in [0.25, 0.3) is 0 Å². The smallest absolute Gasteiger partial charge is 0.306 e. The minimum absolute atomic E-state index is 0.0558. The lowest BCUT2D eigenvalue weighted by atomic mass is 9.99. The molecule has 0 aromatic heterocycles. The summed E-state index contributed by atoms with van der Waals surface area (Å²) in [6.07, 6.45) is 65.1. The van der Waals surface area contributed by atoms with Crippen LogP contribution in [-0.4, -0.2) is 99.6 Å². The minimum Gasteiger partial charge on any atom is -0.454 e. The van der Waals surface area contributed by atoms with Crippen LogP contribution in [0, 0.1) is 0 Å². The molecule has 0 spiro atoms. The van der Waals surface area contributed by atoms with Crippen LogP contribution in [0.15, 0.2) is 85.1 Å². The Kier molecular flexibility index (Phi) is 53.6.